The summed E-state index contributed by atoms with van der Waals surface area (Å²) in [6.45, 7) is 2.55. The SMILES string of the molecule is O=C(NCc1ccc(Cl)cc1)c1cncc(N2CCCCC2)c1. The minimum Gasteiger partial charge on any atom is -0.370 e. The van der Waals surface area contributed by atoms with Gasteiger partial charge in [-0.1, -0.05) is 23.7 Å². The number of amides is 1. The molecule has 1 saturated heterocycles. The largest absolute Gasteiger partial charge is 0.370 e. The fraction of sp³-hybridized carbons (Fsp3) is 0.333. The molecule has 1 aliphatic heterocycles. The Labute approximate surface area is 141 Å². The van der Waals surface area contributed by atoms with Gasteiger partial charge >= 0.3 is 0 Å². The second-order valence-corrected chi connectivity index (χ2v) is 6.23. The summed E-state index contributed by atoms with van der Waals surface area (Å²) < 4.78 is 0. The lowest BCUT2D eigenvalue weighted by Gasteiger charge is -2.28. The van der Waals surface area contributed by atoms with Crippen molar-refractivity contribution in [2.45, 2.75) is 25.8 Å². The predicted molar refractivity (Wildman–Crippen MR) is 92.9 cm³/mol. The molecule has 1 aromatic heterocycles. The average Bonchev–Trinajstić information content (AvgIpc) is 2.62. The van der Waals surface area contributed by atoms with Gasteiger partial charge in [0.1, 0.15) is 0 Å². The van der Waals surface area contributed by atoms with Crippen LogP contribution >= 0.6 is 11.6 Å². The molecule has 1 aromatic carbocycles. The van der Waals surface area contributed by atoms with E-state index in [4.69, 9.17) is 11.6 Å². The fourth-order valence-corrected chi connectivity index (χ4v) is 2.89. The number of nitrogens with zero attached hydrogens (tertiary/aromatic N) is 2. The zero-order valence-electron chi connectivity index (χ0n) is 13.0. The van der Waals surface area contributed by atoms with Crippen LogP contribution < -0.4 is 10.2 Å². The Balaban J connectivity index is 1.63. The molecule has 0 unspecified atom stereocenters. The number of piperidine rings is 1. The van der Waals surface area contributed by atoms with Crippen molar-refractivity contribution < 1.29 is 4.79 Å². The van der Waals surface area contributed by atoms with Crippen molar-refractivity contribution in [1.82, 2.24) is 10.3 Å². The standard InChI is InChI=1S/C18H20ClN3O/c19-16-6-4-14(5-7-16)11-21-18(23)15-10-17(13-20-12-15)22-8-2-1-3-9-22/h4-7,10,12-13H,1-3,8-9,11H2,(H,21,23). The van der Waals surface area contributed by atoms with E-state index in [9.17, 15) is 4.79 Å². The Bertz CT molecular complexity index is 666. The van der Waals surface area contributed by atoms with Crippen molar-refractivity contribution >= 4 is 23.2 Å². The van der Waals surface area contributed by atoms with E-state index >= 15 is 0 Å². The molecule has 1 N–H and O–H groups in total. The van der Waals surface area contributed by atoms with Gasteiger partial charge in [-0.3, -0.25) is 9.78 Å². The van der Waals surface area contributed by atoms with Crippen LogP contribution in [-0.2, 0) is 6.54 Å². The second kappa shape index (κ2) is 7.47. The van der Waals surface area contributed by atoms with Crippen molar-refractivity contribution in [2.24, 2.45) is 0 Å². The van der Waals surface area contributed by atoms with E-state index in [0.29, 0.717) is 17.1 Å². The molecule has 0 aliphatic carbocycles. The molecule has 1 aliphatic rings. The van der Waals surface area contributed by atoms with E-state index in [1.165, 1.54) is 19.3 Å². The molecule has 0 atom stereocenters. The number of hydrogen-bond donors (Lipinski definition) is 1. The third-order valence-electron chi connectivity index (χ3n) is 4.07. The summed E-state index contributed by atoms with van der Waals surface area (Å²) in [5.74, 6) is -0.105. The lowest BCUT2D eigenvalue weighted by Crippen LogP contribution is -2.30. The highest BCUT2D eigenvalue weighted by Crippen LogP contribution is 2.19. The molecule has 120 valence electrons. The highest BCUT2D eigenvalue weighted by molar-refractivity contribution is 6.30. The van der Waals surface area contributed by atoms with Crippen LogP contribution in [0.15, 0.2) is 42.7 Å². The number of rotatable bonds is 4. The Morgan fingerprint density at radius 2 is 1.87 bits per heavy atom. The molecule has 23 heavy (non-hydrogen) atoms. The van der Waals surface area contributed by atoms with Crippen LogP contribution in [0.3, 0.4) is 0 Å². The molecular formula is C18H20ClN3O. The van der Waals surface area contributed by atoms with Crippen molar-refractivity contribution in [3.63, 3.8) is 0 Å². The number of carbonyl (C=O) groups is 1. The molecule has 0 radical (unpaired) electrons. The van der Waals surface area contributed by atoms with Gasteiger partial charge in [-0.05, 0) is 43.0 Å². The summed E-state index contributed by atoms with van der Waals surface area (Å²) >= 11 is 5.86. The quantitative estimate of drug-likeness (QED) is 0.931. The highest BCUT2D eigenvalue weighted by Gasteiger charge is 2.13. The summed E-state index contributed by atoms with van der Waals surface area (Å²) in [6, 6.07) is 9.38. The average molecular weight is 330 g/mol. The van der Waals surface area contributed by atoms with Crippen molar-refractivity contribution in [1.29, 1.82) is 0 Å². The van der Waals surface area contributed by atoms with Gasteiger partial charge in [0.2, 0.25) is 0 Å². The number of carbonyl (C=O) groups excluding carboxylic acids is 1. The number of anilines is 1. The number of pyridine rings is 1. The molecule has 1 fully saturated rings. The van der Waals surface area contributed by atoms with Crippen LogP contribution in [0, 0.1) is 0 Å². The molecule has 4 nitrogen and oxygen atoms in total. The molecule has 0 bridgehead atoms. The fourth-order valence-electron chi connectivity index (χ4n) is 2.76. The number of halogens is 1. The van der Waals surface area contributed by atoms with Crippen LogP contribution in [0.5, 0.6) is 0 Å². The maximum Gasteiger partial charge on any atom is 0.253 e. The summed E-state index contributed by atoms with van der Waals surface area (Å²) in [5.41, 5.74) is 2.65. The minimum absolute atomic E-state index is 0.105. The van der Waals surface area contributed by atoms with E-state index in [2.05, 4.69) is 15.2 Å². The maximum absolute atomic E-state index is 12.3. The molecule has 5 heteroatoms. The van der Waals surface area contributed by atoms with Crippen LogP contribution in [0.4, 0.5) is 5.69 Å². The van der Waals surface area contributed by atoms with E-state index in [-0.39, 0.29) is 5.91 Å². The van der Waals surface area contributed by atoms with Gasteiger partial charge in [0, 0.05) is 30.9 Å². The Kier molecular flexibility index (Phi) is 5.13. The zero-order chi connectivity index (χ0) is 16.1. The third-order valence-corrected chi connectivity index (χ3v) is 4.33. The van der Waals surface area contributed by atoms with Crippen LogP contribution in [0.1, 0.15) is 35.2 Å². The molecular weight excluding hydrogens is 310 g/mol. The molecule has 1 amide bonds. The van der Waals surface area contributed by atoms with E-state index in [1.54, 1.807) is 6.20 Å². The summed E-state index contributed by atoms with van der Waals surface area (Å²) in [7, 11) is 0. The summed E-state index contributed by atoms with van der Waals surface area (Å²) in [4.78, 5) is 18.8. The number of benzene rings is 1. The second-order valence-electron chi connectivity index (χ2n) is 5.79. The first kappa shape index (κ1) is 15.8. The van der Waals surface area contributed by atoms with Crippen LogP contribution in [0.2, 0.25) is 5.02 Å². The van der Waals surface area contributed by atoms with Gasteiger partial charge in [-0.25, -0.2) is 0 Å². The molecule has 0 spiro atoms. The van der Waals surface area contributed by atoms with Gasteiger partial charge in [0.15, 0.2) is 0 Å². The molecule has 3 rings (SSSR count). The molecule has 0 saturated carbocycles. The normalized spacial score (nSPS) is 14.6. The first-order valence-electron chi connectivity index (χ1n) is 7.95. The predicted octanol–water partition coefficient (Wildman–Crippen LogP) is 3.66. The van der Waals surface area contributed by atoms with Crippen molar-refractivity contribution in [2.75, 3.05) is 18.0 Å². The van der Waals surface area contributed by atoms with Crippen LogP contribution in [-0.4, -0.2) is 24.0 Å². The van der Waals surface area contributed by atoms with Gasteiger partial charge in [-0.15, -0.1) is 0 Å². The third kappa shape index (κ3) is 4.23. The van der Waals surface area contributed by atoms with Gasteiger partial charge in [0.25, 0.3) is 5.91 Å². The summed E-state index contributed by atoms with van der Waals surface area (Å²) in [6.07, 6.45) is 7.14. The minimum atomic E-state index is -0.105. The van der Waals surface area contributed by atoms with Crippen molar-refractivity contribution in [3.8, 4) is 0 Å². The Morgan fingerprint density at radius 1 is 1.13 bits per heavy atom. The first-order valence-corrected chi connectivity index (χ1v) is 8.33. The van der Waals surface area contributed by atoms with Crippen LogP contribution in [0.25, 0.3) is 0 Å². The number of aromatic nitrogens is 1. The van der Waals surface area contributed by atoms with Gasteiger partial charge < -0.3 is 10.2 Å². The maximum atomic E-state index is 12.3. The first-order chi connectivity index (χ1) is 11.2. The van der Waals surface area contributed by atoms with Gasteiger partial charge in [-0.2, -0.15) is 0 Å². The summed E-state index contributed by atoms with van der Waals surface area (Å²) in [5, 5.41) is 3.62. The van der Waals surface area contributed by atoms with E-state index in [0.717, 1.165) is 24.3 Å². The number of hydrogen-bond acceptors (Lipinski definition) is 3. The van der Waals surface area contributed by atoms with E-state index in [1.807, 2.05) is 36.5 Å². The lowest BCUT2D eigenvalue weighted by atomic mass is 10.1. The smallest absolute Gasteiger partial charge is 0.253 e. The Hall–Kier alpha value is -2.07. The molecule has 2 aromatic rings. The van der Waals surface area contributed by atoms with Gasteiger partial charge in [0.05, 0.1) is 17.4 Å². The number of nitrogens with one attached hydrogen (secondary N) is 1. The topological polar surface area (TPSA) is 45.2 Å². The van der Waals surface area contributed by atoms with E-state index < -0.39 is 0 Å². The highest BCUT2D eigenvalue weighted by atomic mass is 35.5. The lowest BCUT2D eigenvalue weighted by molar-refractivity contribution is 0.0950. The molecule has 2 heterocycles. The Morgan fingerprint density at radius 3 is 2.61 bits per heavy atom. The monoisotopic (exact) mass is 329 g/mol. The zero-order valence-corrected chi connectivity index (χ0v) is 13.7. The van der Waals surface area contributed by atoms with Crippen molar-refractivity contribution in [3.05, 3.63) is 58.9 Å².